The van der Waals surface area contributed by atoms with Gasteiger partial charge in [-0.2, -0.15) is 0 Å². The van der Waals surface area contributed by atoms with Gasteiger partial charge in [-0.25, -0.2) is 18.3 Å². The minimum atomic E-state index is 0.461. The molecule has 0 fully saturated rings. The molecule has 0 unspecified atom stereocenters. The highest BCUT2D eigenvalue weighted by molar-refractivity contribution is 5.59. The van der Waals surface area contributed by atoms with Crippen LogP contribution >= 0.6 is 0 Å². The van der Waals surface area contributed by atoms with E-state index in [4.69, 9.17) is 28.4 Å². The Hall–Kier alpha value is -7.14. The van der Waals surface area contributed by atoms with Crippen LogP contribution in [-0.4, -0.2) is 49.8 Å². The van der Waals surface area contributed by atoms with Crippen LogP contribution in [0.4, 0.5) is 0 Å². The van der Waals surface area contributed by atoms with E-state index in [1.807, 2.05) is 0 Å². The minimum absolute atomic E-state index is 0.461. The van der Waals surface area contributed by atoms with Gasteiger partial charge in [0.05, 0.1) is 39.6 Å². The molecule has 10 nitrogen and oxygen atoms in total. The molecule has 8 bridgehead atoms. The molecule has 0 amide bonds. The standard InChI is InChI=1S/C70H86N4O6/c1-13-21-77-67-57-29-53(41-71-17-19-73(45-71)65-49(7)25-47(5)26-50(65)8)30-58(67)38-62-34-56(44-76-12)36-64(70(62)80-24-16-4)40-60-32-54(42-72-18-20-74(46-72)66-51(9)27-48(6)28-52(66)10)31-59(68(60)78-22-14-2)39-63-35-55(43-75-11)33-61(37-57)69(63)79-23-15-3/h17-20,25-36,45-46H,13-16,21-24,37-44H2,1-12H3/q+2. The Kier molecular flexibility index (Phi) is 19.0. The number of benzene rings is 6. The Morgan fingerprint density at radius 2 is 0.637 bits per heavy atom. The molecule has 0 atom stereocenters. The smallest absolute Gasteiger partial charge is 0.249 e. The molecule has 0 N–H and O–H groups in total. The summed E-state index contributed by atoms with van der Waals surface area (Å²) < 4.78 is 49.2. The van der Waals surface area contributed by atoms with Gasteiger partial charge in [0.1, 0.15) is 72.2 Å². The summed E-state index contributed by atoms with van der Waals surface area (Å²) >= 11 is 0. The number of rotatable bonds is 22. The normalized spacial score (nSPS) is 12.2. The Balaban J connectivity index is 1.28. The lowest BCUT2D eigenvalue weighted by atomic mass is 9.88. The third kappa shape index (κ3) is 13.4. The predicted octanol–water partition coefficient (Wildman–Crippen LogP) is 13.9. The van der Waals surface area contributed by atoms with Gasteiger partial charge < -0.3 is 28.4 Å². The fourth-order valence-electron chi connectivity index (χ4n) is 12.2. The number of hydrogen-bond acceptors (Lipinski definition) is 6. The highest BCUT2D eigenvalue weighted by Gasteiger charge is 2.26. The number of ether oxygens (including phenoxy) is 6. The molecular formula is C70H86N4O6+2. The van der Waals surface area contributed by atoms with Crippen LogP contribution in [0.1, 0.15) is 154 Å². The van der Waals surface area contributed by atoms with Crippen molar-refractivity contribution in [3.8, 4) is 34.4 Å². The molecule has 8 aromatic rings. The number of fused-ring (bicyclic) bond motifs is 8. The van der Waals surface area contributed by atoms with E-state index in [0.29, 0.717) is 78.4 Å². The zero-order chi connectivity index (χ0) is 56.5. The summed E-state index contributed by atoms with van der Waals surface area (Å²) in [6, 6.07) is 27.7. The Morgan fingerprint density at radius 1 is 0.375 bits per heavy atom. The molecular weight excluding hydrogens is 993 g/mol. The second kappa shape index (κ2) is 26.4. The second-order valence-corrected chi connectivity index (χ2v) is 22.4. The zero-order valence-corrected chi connectivity index (χ0v) is 49.9. The monoisotopic (exact) mass is 1080 g/mol. The van der Waals surface area contributed by atoms with Gasteiger partial charge in [-0.3, -0.25) is 0 Å². The van der Waals surface area contributed by atoms with Crippen molar-refractivity contribution in [2.45, 2.75) is 147 Å². The summed E-state index contributed by atoms with van der Waals surface area (Å²) in [7, 11) is 3.56. The van der Waals surface area contributed by atoms with Gasteiger partial charge in [-0.15, -0.1) is 0 Å². The summed E-state index contributed by atoms with van der Waals surface area (Å²) in [6.45, 7) is 26.4. The lowest BCUT2D eigenvalue weighted by Crippen LogP contribution is -2.31. The van der Waals surface area contributed by atoms with E-state index < -0.39 is 0 Å². The van der Waals surface area contributed by atoms with Crippen molar-refractivity contribution in [1.82, 2.24) is 9.13 Å². The van der Waals surface area contributed by atoms with Crippen LogP contribution in [-0.2, 0) is 61.5 Å². The summed E-state index contributed by atoms with van der Waals surface area (Å²) in [4.78, 5) is 0. The van der Waals surface area contributed by atoms with Crippen molar-refractivity contribution in [2.24, 2.45) is 0 Å². The number of aromatic nitrogens is 4. The van der Waals surface area contributed by atoms with Crippen LogP contribution in [0.2, 0.25) is 0 Å². The lowest BCUT2D eigenvalue weighted by molar-refractivity contribution is -0.687. The van der Waals surface area contributed by atoms with Gasteiger partial charge in [-0.05, 0) is 205 Å². The SMILES string of the molecule is CCCOc1c2cc(COC)cc1Cc1cc(C[n+]3ccn(-c4c(C)cc(C)cc4C)c3)cc(c1OCCC)Cc1cc(COC)cc(c1OCCC)Cc1cc(C[n+]3ccn(-c4c(C)cc(C)cc4C)c3)cc(c1OCCC)C2. The Morgan fingerprint density at radius 3 is 0.887 bits per heavy atom. The van der Waals surface area contributed by atoms with E-state index in [-0.39, 0.29) is 0 Å². The number of nitrogens with zero attached hydrogens (tertiary/aromatic N) is 4. The van der Waals surface area contributed by atoms with Crippen molar-refractivity contribution in [3.63, 3.8) is 0 Å². The average Bonchev–Trinajstić information content (AvgIpc) is 4.09. The first-order chi connectivity index (χ1) is 38.8. The molecule has 2 aromatic heterocycles. The molecule has 80 heavy (non-hydrogen) atoms. The maximum absolute atomic E-state index is 7.04. The molecule has 0 radical (unpaired) electrons. The van der Waals surface area contributed by atoms with Gasteiger partial charge in [0.2, 0.25) is 12.7 Å². The molecule has 2 heterocycles. The van der Waals surface area contributed by atoms with Crippen molar-refractivity contribution in [1.29, 1.82) is 0 Å². The van der Waals surface area contributed by atoms with Crippen LogP contribution < -0.4 is 28.1 Å². The molecule has 6 aromatic carbocycles. The van der Waals surface area contributed by atoms with Crippen LogP contribution in [0, 0.1) is 41.5 Å². The molecule has 420 valence electrons. The summed E-state index contributed by atoms with van der Waals surface area (Å²) in [5.74, 6) is 3.66. The number of aryl methyl sites for hydroxylation is 6. The minimum Gasteiger partial charge on any atom is -0.493 e. The first kappa shape index (κ1) is 57.5. The van der Waals surface area contributed by atoms with Crippen LogP contribution in [0.5, 0.6) is 23.0 Å². The first-order valence-corrected chi connectivity index (χ1v) is 29.2. The summed E-state index contributed by atoms with van der Waals surface area (Å²) in [5.41, 5.74) is 23.4. The number of methoxy groups -OCH3 is 2. The number of imidazole rings is 2. The van der Waals surface area contributed by atoms with Gasteiger partial charge in [0.15, 0.2) is 0 Å². The molecule has 0 saturated heterocycles. The topological polar surface area (TPSA) is 73.0 Å². The Bertz CT molecular complexity index is 3090. The number of hydrogen-bond donors (Lipinski definition) is 0. The molecule has 10 heteroatoms. The van der Waals surface area contributed by atoms with Crippen LogP contribution in [0.15, 0.2) is 110 Å². The van der Waals surface area contributed by atoms with Crippen LogP contribution in [0.3, 0.4) is 0 Å². The Labute approximate surface area is 476 Å². The highest BCUT2D eigenvalue weighted by atomic mass is 16.5. The molecule has 0 aliphatic heterocycles. The fraction of sp³-hybridized carbons (Fsp3) is 0.400. The maximum Gasteiger partial charge on any atom is 0.249 e. The van der Waals surface area contributed by atoms with Gasteiger partial charge in [-0.1, -0.05) is 63.1 Å². The maximum atomic E-state index is 7.04. The van der Waals surface area contributed by atoms with Crippen molar-refractivity contribution >= 4 is 0 Å². The lowest BCUT2D eigenvalue weighted by Gasteiger charge is -2.24. The first-order valence-electron chi connectivity index (χ1n) is 29.2. The van der Waals surface area contributed by atoms with E-state index in [1.165, 1.54) is 55.9 Å². The average molecular weight is 1080 g/mol. The summed E-state index contributed by atoms with van der Waals surface area (Å²) in [6.07, 6.45) is 19.0. The fourth-order valence-corrected chi connectivity index (χ4v) is 12.2. The molecule has 0 spiro atoms. The quantitative estimate of drug-likeness (QED) is 0.0630. The van der Waals surface area contributed by atoms with E-state index in [1.54, 1.807) is 14.2 Å². The van der Waals surface area contributed by atoms with Crippen LogP contribution in [0.25, 0.3) is 11.4 Å². The van der Waals surface area contributed by atoms with E-state index in [9.17, 15) is 0 Å². The van der Waals surface area contributed by atoms with Crippen molar-refractivity contribution in [3.05, 3.63) is 210 Å². The largest absolute Gasteiger partial charge is 0.493 e. The highest BCUT2D eigenvalue weighted by Crippen LogP contribution is 2.41. The van der Waals surface area contributed by atoms with Crippen molar-refractivity contribution < 1.29 is 37.6 Å². The predicted molar refractivity (Wildman–Crippen MR) is 320 cm³/mol. The van der Waals surface area contributed by atoms with Crippen molar-refractivity contribution in [2.75, 3.05) is 40.6 Å². The molecule has 9 rings (SSSR count). The zero-order valence-electron chi connectivity index (χ0n) is 49.9. The van der Waals surface area contributed by atoms with Gasteiger partial charge in [0.25, 0.3) is 0 Å². The van der Waals surface area contributed by atoms with E-state index in [0.717, 1.165) is 104 Å². The van der Waals surface area contributed by atoms with Gasteiger partial charge >= 0.3 is 0 Å². The third-order valence-corrected chi connectivity index (χ3v) is 15.1. The molecule has 1 aliphatic rings. The second-order valence-electron chi connectivity index (χ2n) is 22.4. The molecule has 0 saturated carbocycles. The van der Waals surface area contributed by atoms with Gasteiger partial charge in [0, 0.05) is 39.9 Å². The van der Waals surface area contributed by atoms with E-state index in [2.05, 4.69) is 198 Å². The molecule has 1 aliphatic carbocycles. The summed E-state index contributed by atoms with van der Waals surface area (Å²) in [5, 5.41) is 0. The third-order valence-electron chi connectivity index (χ3n) is 15.1. The van der Waals surface area contributed by atoms with E-state index >= 15 is 0 Å².